The number of furan rings is 1. The monoisotopic (exact) mass is 222 g/mol. The van der Waals surface area contributed by atoms with Gasteiger partial charge in [-0.1, -0.05) is 11.6 Å². The highest BCUT2D eigenvalue weighted by Crippen LogP contribution is 2.24. The minimum atomic E-state index is 0.0832. The molecule has 2 aromatic heterocycles. The van der Waals surface area contributed by atoms with Crippen LogP contribution in [0.1, 0.15) is 18.7 Å². The van der Waals surface area contributed by atoms with Gasteiger partial charge in [0.1, 0.15) is 5.76 Å². The lowest BCUT2D eigenvalue weighted by Gasteiger charge is -2.13. The molecular formula is C11H11ClN2O. The van der Waals surface area contributed by atoms with Gasteiger partial charge >= 0.3 is 0 Å². The summed E-state index contributed by atoms with van der Waals surface area (Å²) in [4.78, 5) is 3.92. The summed E-state index contributed by atoms with van der Waals surface area (Å²) >= 11 is 5.97. The first-order chi connectivity index (χ1) is 7.27. The van der Waals surface area contributed by atoms with Gasteiger partial charge in [-0.3, -0.25) is 4.98 Å². The molecule has 0 spiro atoms. The van der Waals surface area contributed by atoms with Gasteiger partial charge in [0.15, 0.2) is 0 Å². The minimum absolute atomic E-state index is 0.0832. The average Bonchev–Trinajstić information content (AvgIpc) is 2.74. The molecule has 0 aromatic carbocycles. The molecule has 2 rings (SSSR count). The van der Waals surface area contributed by atoms with E-state index in [-0.39, 0.29) is 6.04 Å². The van der Waals surface area contributed by atoms with Crippen LogP contribution in [0.15, 0.2) is 41.3 Å². The van der Waals surface area contributed by atoms with E-state index in [9.17, 15) is 0 Å². The maximum atomic E-state index is 5.97. The van der Waals surface area contributed by atoms with Crippen molar-refractivity contribution in [3.8, 4) is 0 Å². The number of nitrogens with zero attached hydrogens (tertiary/aromatic N) is 1. The van der Waals surface area contributed by atoms with Gasteiger partial charge in [-0.2, -0.15) is 0 Å². The maximum Gasteiger partial charge on any atom is 0.125 e. The minimum Gasteiger partial charge on any atom is -0.467 e. The lowest BCUT2D eigenvalue weighted by molar-refractivity contribution is 0.490. The van der Waals surface area contributed by atoms with Crippen molar-refractivity contribution >= 4 is 17.3 Å². The van der Waals surface area contributed by atoms with Gasteiger partial charge in [0.25, 0.3) is 0 Å². The summed E-state index contributed by atoms with van der Waals surface area (Å²) in [7, 11) is 0. The van der Waals surface area contributed by atoms with Gasteiger partial charge < -0.3 is 9.73 Å². The Morgan fingerprint density at radius 3 is 3.00 bits per heavy atom. The number of anilines is 1. The molecule has 78 valence electrons. The van der Waals surface area contributed by atoms with Crippen molar-refractivity contribution in [2.75, 3.05) is 5.32 Å². The Balaban J connectivity index is 2.13. The molecule has 1 unspecified atom stereocenters. The van der Waals surface area contributed by atoms with Gasteiger partial charge in [-0.25, -0.2) is 0 Å². The lowest BCUT2D eigenvalue weighted by Crippen LogP contribution is -2.05. The molecule has 2 aromatic rings. The van der Waals surface area contributed by atoms with Gasteiger partial charge in [-0.05, 0) is 25.1 Å². The summed E-state index contributed by atoms with van der Waals surface area (Å²) in [6, 6.07) is 5.70. The molecule has 0 radical (unpaired) electrons. The van der Waals surface area contributed by atoms with Crippen LogP contribution in [0.2, 0.25) is 5.02 Å². The zero-order valence-electron chi connectivity index (χ0n) is 8.27. The number of nitrogens with one attached hydrogen (secondary N) is 1. The molecule has 0 saturated heterocycles. The van der Waals surface area contributed by atoms with E-state index in [4.69, 9.17) is 16.0 Å². The number of pyridine rings is 1. The first kappa shape index (κ1) is 10.1. The molecule has 0 aliphatic heterocycles. The van der Waals surface area contributed by atoms with Crippen LogP contribution in [0.25, 0.3) is 0 Å². The van der Waals surface area contributed by atoms with Crippen molar-refractivity contribution in [1.29, 1.82) is 0 Å². The van der Waals surface area contributed by atoms with Crippen molar-refractivity contribution in [2.45, 2.75) is 13.0 Å². The molecule has 0 saturated carbocycles. The topological polar surface area (TPSA) is 38.1 Å². The fourth-order valence-corrected chi connectivity index (χ4v) is 1.51. The molecular weight excluding hydrogens is 212 g/mol. The van der Waals surface area contributed by atoms with E-state index in [1.807, 2.05) is 25.1 Å². The third kappa shape index (κ3) is 2.30. The van der Waals surface area contributed by atoms with E-state index in [0.717, 1.165) is 11.4 Å². The van der Waals surface area contributed by atoms with Crippen molar-refractivity contribution in [3.63, 3.8) is 0 Å². The summed E-state index contributed by atoms with van der Waals surface area (Å²) in [5.74, 6) is 0.878. The molecule has 1 atom stereocenters. The SMILES string of the molecule is CC(Nc1ccncc1Cl)c1ccco1. The Kier molecular flexibility index (Phi) is 2.92. The summed E-state index contributed by atoms with van der Waals surface area (Å²) in [5, 5.41) is 3.85. The van der Waals surface area contributed by atoms with Crippen LogP contribution in [0.5, 0.6) is 0 Å². The molecule has 0 aliphatic carbocycles. The second kappa shape index (κ2) is 4.36. The molecule has 15 heavy (non-hydrogen) atoms. The standard InChI is InChI=1S/C11H11ClN2O/c1-8(11-3-2-6-15-11)14-10-4-5-13-7-9(10)12/h2-8H,1H3,(H,13,14). The predicted octanol–water partition coefficient (Wildman–Crippen LogP) is 3.50. The fraction of sp³-hybridized carbons (Fsp3) is 0.182. The van der Waals surface area contributed by atoms with Crippen molar-refractivity contribution < 1.29 is 4.42 Å². The number of hydrogen-bond acceptors (Lipinski definition) is 3. The van der Waals surface area contributed by atoms with Crippen LogP contribution in [0, 0.1) is 0 Å². The average molecular weight is 223 g/mol. The molecule has 1 N–H and O–H groups in total. The second-order valence-corrected chi connectivity index (χ2v) is 3.64. The number of aromatic nitrogens is 1. The van der Waals surface area contributed by atoms with E-state index in [1.54, 1.807) is 18.7 Å². The number of halogens is 1. The summed E-state index contributed by atoms with van der Waals surface area (Å²) in [5.41, 5.74) is 0.857. The third-order valence-electron chi connectivity index (χ3n) is 2.11. The first-order valence-electron chi connectivity index (χ1n) is 4.67. The van der Waals surface area contributed by atoms with Crippen molar-refractivity contribution in [1.82, 2.24) is 4.98 Å². The van der Waals surface area contributed by atoms with Gasteiger partial charge in [-0.15, -0.1) is 0 Å². The largest absolute Gasteiger partial charge is 0.467 e. The molecule has 0 bridgehead atoms. The van der Waals surface area contributed by atoms with E-state index in [2.05, 4.69) is 10.3 Å². The van der Waals surface area contributed by atoms with Gasteiger partial charge in [0.2, 0.25) is 0 Å². The van der Waals surface area contributed by atoms with E-state index in [0.29, 0.717) is 5.02 Å². The second-order valence-electron chi connectivity index (χ2n) is 3.24. The zero-order chi connectivity index (χ0) is 10.7. The smallest absolute Gasteiger partial charge is 0.125 e. The van der Waals surface area contributed by atoms with Gasteiger partial charge in [0.05, 0.1) is 23.0 Å². The first-order valence-corrected chi connectivity index (χ1v) is 5.04. The summed E-state index contributed by atoms with van der Waals surface area (Å²) < 4.78 is 5.29. The molecule has 4 heteroatoms. The molecule has 3 nitrogen and oxygen atoms in total. The number of hydrogen-bond donors (Lipinski definition) is 1. The Hall–Kier alpha value is -1.48. The lowest BCUT2D eigenvalue weighted by atomic mass is 10.2. The molecule has 0 aliphatic rings. The van der Waals surface area contributed by atoms with Crippen molar-refractivity contribution in [3.05, 3.63) is 47.6 Å². The highest BCUT2D eigenvalue weighted by atomic mass is 35.5. The molecule has 2 heterocycles. The van der Waals surface area contributed by atoms with E-state index < -0.39 is 0 Å². The number of rotatable bonds is 3. The van der Waals surface area contributed by atoms with Crippen LogP contribution >= 0.6 is 11.6 Å². The van der Waals surface area contributed by atoms with Crippen molar-refractivity contribution in [2.24, 2.45) is 0 Å². The van der Waals surface area contributed by atoms with Crippen LogP contribution in [0.4, 0.5) is 5.69 Å². The molecule has 0 amide bonds. The highest BCUT2D eigenvalue weighted by molar-refractivity contribution is 6.33. The normalized spacial score (nSPS) is 12.4. The Morgan fingerprint density at radius 1 is 1.47 bits per heavy atom. The zero-order valence-corrected chi connectivity index (χ0v) is 9.03. The maximum absolute atomic E-state index is 5.97. The quantitative estimate of drug-likeness (QED) is 0.864. The Bertz CT molecular complexity index is 428. The van der Waals surface area contributed by atoms with Crippen LogP contribution in [-0.4, -0.2) is 4.98 Å². The highest BCUT2D eigenvalue weighted by Gasteiger charge is 2.09. The Labute approximate surface area is 93.1 Å². The van der Waals surface area contributed by atoms with E-state index in [1.165, 1.54) is 0 Å². The van der Waals surface area contributed by atoms with E-state index >= 15 is 0 Å². The Morgan fingerprint density at radius 2 is 2.33 bits per heavy atom. The molecule has 0 fully saturated rings. The fourth-order valence-electron chi connectivity index (χ4n) is 1.33. The van der Waals surface area contributed by atoms with Gasteiger partial charge in [0, 0.05) is 12.4 Å². The summed E-state index contributed by atoms with van der Waals surface area (Å²) in [6.07, 6.45) is 4.96. The van der Waals surface area contributed by atoms with Crippen LogP contribution < -0.4 is 5.32 Å². The third-order valence-corrected chi connectivity index (χ3v) is 2.42. The van der Waals surface area contributed by atoms with Crippen LogP contribution in [-0.2, 0) is 0 Å². The predicted molar refractivity (Wildman–Crippen MR) is 60.0 cm³/mol. The summed E-state index contributed by atoms with van der Waals surface area (Å²) in [6.45, 7) is 2.01. The van der Waals surface area contributed by atoms with Crippen LogP contribution in [0.3, 0.4) is 0 Å².